The van der Waals surface area contributed by atoms with Crippen LogP contribution in [0.1, 0.15) is 25.7 Å². The van der Waals surface area contributed by atoms with Gasteiger partial charge in [-0.1, -0.05) is 13.8 Å². The van der Waals surface area contributed by atoms with Gasteiger partial charge in [-0.15, -0.1) is 0 Å². The third-order valence-electron chi connectivity index (χ3n) is 1.57. The van der Waals surface area contributed by atoms with Crippen molar-refractivity contribution in [3.05, 3.63) is 18.4 Å². The summed E-state index contributed by atoms with van der Waals surface area (Å²) in [5.74, 6) is 1.18. The second kappa shape index (κ2) is 4.13. The van der Waals surface area contributed by atoms with Crippen LogP contribution in [0.4, 0.5) is 0 Å². The minimum absolute atomic E-state index is 0.366. The Morgan fingerprint density at radius 3 is 3.09 bits per heavy atom. The molecule has 0 saturated carbocycles. The first-order valence-corrected chi connectivity index (χ1v) is 3.94. The zero-order valence-corrected chi connectivity index (χ0v) is 7.00. The molecule has 0 aliphatic carbocycles. The number of rotatable bonds is 4. The van der Waals surface area contributed by atoms with Crippen LogP contribution >= 0.6 is 0 Å². The molecule has 0 fully saturated rings. The van der Waals surface area contributed by atoms with Gasteiger partial charge in [0.25, 0.3) is 0 Å². The highest BCUT2D eigenvalue weighted by Gasteiger charge is 2.07. The van der Waals surface area contributed by atoms with Gasteiger partial charge in [-0.25, -0.2) is 4.98 Å². The molecule has 3 heteroatoms. The molecule has 1 aromatic heterocycles. The van der Waals surface area contributed by atoms with Crippen molar-refractivity contribution in [3.8, 4) is 0 Å². The Hall–Kier alpha value is -0.830. The molecule has 0 spiro atoms. The van der Waals surface area contributed by atoms with E-state index in [2.05, 4.69) is 24.1 Å². The normalized spacial score (nSPS) is 13.3. The van der Waals surface area contributed by atoms with Gasteiger partial charge in [0.1, 0.15) is 6.26 Å². The molecular formula is C8H14N2O. The molecule has 0 aliphatic heterocycles. The number of hydrogen-bond donors (Lipinski definition) is 1. The van der Waals surface area contributed by atoms with Crippen LogP contribution in [0.3, 0.4) is 0 Å². The average molecular weight is 154 g/mol. The van der Waals surface area contributed by atoms with Crippen molar-refractivity contribution in [2.45, 2.75) is 19.8 Å². The largest absolute Gasteiger partial charge is 0.449 e. The minimum Gasteiger partial charge on any atom is -0.449 e. The monoisotopic (exact) mass is 154 g/mol. The highest BCUT2D eigenvalue weighted by molar-refractivity contribution is 4.89. The van der Waals surface area contributed by atoms with Gasteiger partial charge < -0.3 is 9.73 Å². The number of nitrogens with zero attached hydrogens (tertiary/aromatic N) is 1. The fraction of sp³-hybridized carbons (Fsp3) is 0.625. The summed E-state index contributed by atoms with van der Waals surface area (Å²) in [5.41, 5.74) is 0. The predicted molar refractivity (Wildman–Crippen MR) is 43.5 cm³/mol. The van der Waals surface area contributed by atoms with E-state index in [-0.39, 0.29) is 0 Å². The van der Waals surface area contributed by atoms with Gasteiger partial charge in [0.2, 0.25) is 0 Å². The first-order chi connectivity index (χ1) is 5.34. The van der Waals surface area contributed by atoms with E-state index in [4.69, 9.17) is 4.42 Å². The van der Waals surface area contributed by atoms with E-state index >= 15 is 0 Å². The lowest BCUT2D eigenvalue weighted by Gasteiger charge is -2.06. The fourth-order valence-electron chi connectivity index (χ4n) is 0.926. The summed E-state index contributed by atoms with van der Waals surface area (Å²) < 4.78 is 5.14. The maximum atomic E-state index is 5.14. The summed E-state index contributed by atoms with van der Waals surface area (Å²) in [5, 5.41) is 3.24. The lowest BCUT2D eigenvalue weighted by atomic mass is 10.2. The molecule has 3 nitrogen and oxygen atoms in total. The quantitative estimate of drug-likeness (QED) is 0.712. The molecule has 0 aromatic carbocycles. The van der Waals surface area contributed by atoms with E-state index in [9.17, 15) is 0 Å². The Morgan fingerprint density at radius 1 is 1.73 bits per heavy atom. The SMILES string of the molecule is CCNCC(C)c1ncco1. The molecule has 1 heterocycles. The van der Waals surface area contributed by atoms with Gasteiger partial charge in [0, 0.05) is 12.5 Å². The van der Waals surface area contributed by atoms with E-state index < -0.39 is 0 Å². The number of hydrogen-bond acceptors (Lipinski definition) is 3. The molecule has 62 valence electrons. The second-order valence-electron chi connectivity index (χ2n) is 2.58. The molecule has 1 rings (SSSR count). The number of likely N-dealkylation sites (N-methyl/N-ethyl adjacent to an activating group) is 1. The van der Waals surface area contributed by atoms with Gasteiger partial charge in [0.05, 0.1) is 6.20 Å². The standard InChI is InChI=1S/C8H14N2O/c1-3-9-6-7(2)8-10-4-5-11-8/h4-5,7,9H,3,6H2,1-2H3. The summed E-state index contributed by atoms with van der Waals surface area (Å²) in [6, 6.07) is 0. The molecule has 1 unspecified atom stereocenters. The van der Waals surface area contributed by atoms with Crippen LogP contribution in [0.15, 0.2) is 16.9 Å². The van der Waals surface area contributed by atoms with Gasteiger partial charge in [-0.2, -0.15) is 0 Å². The highest BCUT2D eigenvalue weighted by Crippen LogP contribution is 2.10. The molecular weight excluding hydrogens is 140 g/mol. The molecule has 0 amide bonds. The minimum atomic E-state index is 0.366. The molecule has 11 heavy (non-hydrogen) atoms. The van der Waals surface area contributed by atoms with Crippen LogP contribution in [-0.2, 0) is 0 Å². The molecule has 0 radical (unpaired) electrons. The van der Waals surface area contributed by atoms with E-state index in [1.807, 2.05) is 0 Å². The summed E-state index contributed by atoms with van der Waals surface area (Å²) >= 11 is 0. The van der Waals surface area contributed by atoms with Crippen molar-refractivity contribution in [2.75, 3.05) is 13.1 Å². The van der Waals surface area contributed by atoms with Gasteiger partial charge in [0.15, 0.2) is 5.89 Å². The summed E-state index contributed by atoms with van der Waals surface area (Å²) in [7, 11) is 0. The Bertz CT molecular complexity index is 184. The van der Waals surface area contributed by atoms with Gasteiger partial charge in [-0.3, -0.25) is 0 Å². The summed E-state index contributed by atoms with van der Waals surface area (Å²) in [6.07, 6.45) is 3.29. The third kappa shape index (κ3) is 2.35. The van der Waals surface area contributed by atoms with Gasteiger partial charge in [-0.05, 0) is 6.54 Å². The van der Waals surface area contributed by atoms with Crippen molar-refractivity contribution in [3.63, 3.8) is 0 Å². The van der Waals surface area contributed by atoms with Gasteiger partial charge >= 0.3 is 0 Å². The number of aromatic nitrogens is 1. The van der Waals surface area contributed by atoms with E-state index in [0.717, 1.165) is 19.0 Å². The predicted octanol–water partition coefficient (Wildman–Crippen LogP) is 1.39. The first kappa shape index (κ1) is 8.27. The average Bonchev–Trinajstić information content (AvgIpc) is 2.52. The molecule has 1 N–H and O–H groups in total. The molecule has 0 saturated heterocycles. The van der Waals surface area contributed by atoms with Crippen molar-refractivity contribution >= 4 is 0 Å². The molecule has 0 aliphatic rings. The van der Waals surface area contributed by atoms with Crippen LogP contribution in [0, 0.1) is 0 Å². The number of nitrogens with one attached hydrogen (secondary N) is 1. The second-order valence-corrected chi connectivity index (χ2v) is 2.58. The Kier molecular flexibility index (Phi) is 3.11. The highest BCUT2D eigenvalue weighted by atomic mass is 16.3. The van der Waals surface area contributed by atoms with Crippen molar-refractivity contribution in [2.24, 2.45) is 0 Å². The zero-order valence-electron chi connectivity index (χ0n) is 7.00. The maximum Gasteiger partial charge on any atom is 0.198 e. The molecule has 1 atom stereocenters. The first-order valence-electron chi connectivity index (χ1n) is 3.94. The van der Waals surface area contributed by atoms with Crippen molar-refractivity contribution in [1.29, 1.82) is 0 Å². The third-order valence-corrected chi connectivity index (χ3v) is 1.57. The van der Waals surface area contributed by atoms with Crippen molar-refractivity contribution < 1.29 is 4.42 Å². The van der Waals surface area contributed by atoms with Crippen LogP contribution in [0.2, 0.25) is 0 Å². The molecule has 0 bridgehead atoms. The molecule has 1 aromatic rings. The van der Waals surface area contributed by atoms with E-state index in [1.165, 1.54) is 0 Å². The van der Waals surface area contributed by atoms with Crippen LogP contribution in [0.25, 0.3) is 0 Å². The zero-order chi connectivity index (χ0) is 8.10. The summed E-state index contributed by atoms with van der Waals surface area (Å²) in [4.78, 5) is 4.06. The van der Waals surface area contributed by atoms with Crippen LogP contribution < -0.4 is 5.32 Å². The lowest BCUT2D eigenvalue weighted by molar-refractivity contribution is 0.446. The maximum absolute atomic E-state index is 5.14. The Morgan fingerprint density at radius 2 is 2.55 bits per heavy atom. The van der Waals surface area contributed by atoms with Crippen LogP contribution in [0.5, 0.6) is 0 Å². The number of oxazole rings is 1. The lowest BCUT2D eigenvalue weighted by Crippen LogP contribution is -2.19. The Balaban J connectivity index is 2.36. The smallest absolute Gasteiger partial charge is 0.198 e. The topological polar surface area (TPSA) is 38.1 Å². The van der Waals surface area contributed by atoms with Crippen molar-refractivity contribution in [1.82, 2.24) is 10.3 Å². The summed E-state index contributed by atoms with van der Waals surface area (Å²) in [6.45, 7) is 6.10. The van der Waals surface area contributed by atoms with E-state index in [0.29, 0.717) is 5.92 Å². The van der Waals surface area contributed by atoms with E-state index in [1.54, 1.807) is 12.5 Å². The Labute approximate surface area is 66.8 Å². The van der Waals surface area contributed by atoms with Crippen LogP contribution in [-0.4, -0.2) is 18.1 Å². The fourth-order valence-corrected chi connectivity index (χ4v) is 0.926.